The largest absolute Gasteiger partial charge is 0.476 e. The second kappa shape index (κ2) is 8.38. The van der Waals surface area contributed by atoms with Gasteiger partial charge in [-0.3, -0.25) is 14.0 Å². The van der Waals surface area contributed by atoms with Crippen LogP contribution < -0.4 is 15.8 Å². The molecule has 4 aromatic rings. The highest BCUT2D eigenvalue weighted by molar-refractivity contribution is 6.29. The van der Waals surface area contributed by atoms with Crippen molar-refractivity contribution in [3.05, 3.63) is 74.0 Å². The second-order valence-corrected chi connectivity index (χ2v) is 9.25. The van der Waals surface area contributed by atoms with E-state index in [9.17, 15) is 14.7 Å². The van der Waals surface area contributed by atoms with Crippen molar-refractivity contribution in [1.29, 1.82) is 0 Å². The molecule has 1 atom stereocenters. The van der Waals surface area contributed by atoms with Crippen LogP contribution in [0.15, 0.2) is 35.3 Å². The number of nitrogens with one attached hydrogen (secondary N) is 1. The van der Waals surface area contributed by atoms with Crippen LogP contribution in [0.2, 0.25) is 5.15 Å². The summed E-state index contributed by atoms with van der Waals surface area (Å²) in [5.41, 5.74) is 4.34. The van der Waals surface area contributed by atoms with Crippen molar-refractivity contribution in [3.63, 3.8) is 0 Å². The molecule has 0 saturated heterocycles. The lowest BCUT2D eigenvalue weighted by Gasteiger charge is -2.23. The average molecular weight is 494 g/mol. The summed E-state index contributed by atoms with van der Waals surface area (Å²) in [5.74, 6) is -0.632. The zero-order valence-electron chi connectivity index (χ0n) is 19.7. The molecule has 0 amide bonds. The molecule has 0 radical (unpaired) electrons. The molecule has 0 aliphatic carbocycles. The molecule has 1 aliphatic rings. The Balaban J connectivity index is 1.59. The van der Waals surface area contributed by atoms with Crippen molar-refractivity contribution in [2.45, 2.75) is 33.0 Å². The Morgan fingerprint density at radius 2 is 1.97 bits per heavy atom. The number of aryl methyl sites for hydroxylation is 2. The molecule has 1 aliphatic heterocycles. The first-order valence-corrected chi connectivity index (χ1v) is 11.4. The number of hydrogen-bond donors (Lipinski definition) is 2. The summed E-state index contributed by atoms with van der Waals surface area (Å²) < 4.78 is 3.36. The molecule has 0 bridgehead atoms. The summed E-state index contributed by atoms with van der Waals surface area (Å²) in [5, 5.41) is 17.9. The first-order chi connectivity index (χ1) is 16.6. The van der Waals surface area contributed by atoms with Gasteiger partial charge in [0, 0.05) is 38.0 Å². The summed E-state index contributed by atoms with van der Waals surface area (Å²) in [6.07, 6.45) is 1.98. The van der Waals surface area contributed by atoms with Gasteiger partial charge < -0.3 is 15.3 Å². The number of hydrogen-bond acceptors (Lipinski definition) is 7. The maximum Gasteiger partial charge on any atom is 0.356 e. The molecule has 3 aromatic heterocycles. The maximum atomic E-state index is 13.4. The monoisotopic (exact) mass is 493 g/mol. The van der Waals surface area contributed by atoms with Gasteiger partial charge in [-0.15, -0.1) is 0 Å². The lowest BCUT2D eigenvalue weighted by molar-refractivity contribution is 0.0691. The maximum absolute atomic E-state index is 13.4. The lowest BCUT2D eigenvalue weighted by atomic mass is 10.0. The van der Waals surface area contributed by atoms with Gasteiger partial charge in [0.1, 0.15) is 5.15 Å². The molecule has 0 saturated carbocycles. The number of halogens is 1. The normalized spacial score (nSPS) is 13.8. The van der Waals surface area contributed by atoms with Gasteiger partial charge in [-0.25, -0.2) is 14.8 Å². The quantitative estimate of drug-likeness (QED) is 0.406. The van der Waals surface area contributed by atoms with E-state index in [0.717, 1.165) is 22.4 Å². The third-order valence-electron chi connectivity index (χ3n) is 6.21. The zero-order valence-corrected chi connectivity index (χ0v) is 20.5. The number of benzene rings is 1. The summed E-state index contributed by atoms with van der Waals surface area (Å²) in [7, 11) is 3.62. The van der Waals surface area contributed by atoms with Crippen LogP contribution in [0.3, 0.4) is 0 Å². The van der Waals surface area contributed by atoms with Crippen LogP contribution in [-0.4, -0.2) is 35.4 Å². The van der Waals surface area contributed by atoms with Gasteiger partial charge in [0.05, 0.1) is 34.9 Å². The van der Waals surface area contributed by atoms with Gasteiger partial charge in [-0.05, 0) is 37.6 Å². The molecule has 180 valence electrons. The smallest absolute Gasteiger partial charge is 0.356 e. The van der Waals surface area contributed by atoms with Crippen molar-refractivity contribution in [2.75, 3.05) is 10.2 Å². The van der Waals surface area contributed by atoms with Crippen molar-refractivity contribution < 1.29 is 9.90 Å². The van der Waals surface area contributed by atoms with Crippen LogP contribution in [0, 0.1) is 6.92 Å². The minimum atomic E-state index is -1.19. The van der Waals surface area contributed by atoms with Crippen LogP contribution in [0.5, 0.6) is 0 Å². The van der Waals surface area contributed by atoms with Gasteiger partial charge in [-0.2, -0.15) is 5.10 Å². The number of pyridine rings is 1. The predicted molar refractivity (Wildman–Crippen MR) is 133 cm³/mol. The van der Waals surface area contributed by atoms with Crippen LogP contribution in [-0.2, 0) is 27.2 Å². The van der Waals surface area contributed by atoms with E-state index in [4.69, 9.17) is 16.6 Å². The van der Waals surface area contributed by atoms with Crippen molar-refractivity contribution >= 4 is 40.1 Å². The zero-order chi connectivity index (χ0) is 25.0. The molecule has 2 N–H and O–H groups in total. The van der Waals surface area contributed by atoms with E-state index >= 15 is 0 Å². The number of carboxylic acids is 1. The van der Waals surface area contributed by atoms with Crippen molar-refractivity contribution in [3.8, 4) is 0 Å². The van der Waals surface area contributed by atoms with Gasteiger partial charge in [-0.1, -0.05) is 17.7 Å². The van der Waals surface area contributed by atoms with E-state index in [2.05, 4.69) is 15.4 Å². The Morgan fingerprint density at radius 3 is 2.69 bits per heavy atom. The van der Waals surface area contributed by atoms with Gasteiger partial charge in [0.2, 0.25) is 5.95 Å². The molecule has 4 heterocycles. The fraction of sp³-hybridized carbons (Fsp3) is 0.292. The average Bonchev–Trinajstić information content (AvgIpc) is 3.34. The SMILES string of the molecule is Cc1cc([C@H](C)Nc2ccc(Cl)nc2C(=O)O)c2nc(N3Cc4cn(C)nc4C3)n(C)c(=O)c2c1. The Bertz CT molecular complexity index is 1540. The van der Waals surface area contributed by atoms with Crippen LogP contribution >= 0.6 is 11.6 Å². The standard InChI is InChI=1S/C24H24ClN7O3/c1-12-7-15(13(2)26-17-5-6-19(25)27-21(17)23(34)35)20-16(8-12)22(33)31(4)24(28-20)32-10-14-9-30(3)29-18(14)11-32/h5-9,13,26H,10-11H2,1-4H3,(H,34,35)/t13-/m0/s1. The minimum Gasteiger partial charge on any atom is -0.476 e. The molecule has 10 nitrogen and oxygen atoms in total. The summed E-state index contributed by atoms with van der Waals surface area (Å²) in [6.45, 7) is 4.99. The fourth-order valence-electron chi connectivity index (χ4n) is 4.61. The van der Waals surface area contributed by atoms with Crippen LogP contribution in [0.25, 0.3) is 10.9 Å². The summed E-state index contributed by atoms with van der Waals surface area (Å²) in [6, 6.07) is 6.53. The number of carboxylic acid groups (broad SMARTS) is 1. The minimum absolute atomic E-state index is 0.0951. The Morgan fingerprint density at radius 1 is 1.20 bits per heavy atom. The summed E-state index contributed by atoms with van der Waals surface area (Å²) >= 11 is 5.90. The molecule has 0 spiro atoms. The van der Waals surface area contributed by atoms with E-state index in [-0.39, 0.29) is 22.4 Å². The first kappa shape index (κ1) is 22.9. The van der Waals surface area contributed by atoms with E-state index in [1.807, 2.05) is 44.1 Å². The Hall–Kier alpha value is -3.92. The third kappa shape index (κ3) is 3.99. The highest BCUT2D eigenvalue weighted by atomic mass is 35.5. The number of rotatable bonds is 5. The van der Waals surface area contributed by atoms with Crippen molar-refractivity contribution in [1.82, 2.24) is 24.3 Å². The second-order valence-electron chi connectivity index (χ2n) is 8.86. The summed E-state index contributed by atoms with van der Waals surface area (Å²) in [4.78, 5) is 36.0. The van der Waals surface area contributed by atoms with Crippen molar-refractivity contribution in [2.24, 2.45) is 14.1 Å². The number of aromatic nitrogens is 5. The molecule has 1 aromatic carbocycles. The number of anilines is 2. The molecular formula is C24H24ClN7O3. The van der Waals surface area contributed by atoms with Gasteiger partial charge >= 0.3 is 5.97 Å². The van der Waals surface area contributed by atoms with Crippen LogP contribution in [0.4, 0.5) is 11.6 Å². The van der Waals surface area contributed by atoms with E-state index < -0.39 is 5.97 Å². The number of nitrogens with zero attached hydrogens (tertiary/aromatic N) is 6. The van der Waals surface area contributed by atoms with Crippen LogP contribution in [0.1, 0.15) is 45.8 Å². The number of fused-ring (bicyclic) bond motifs is 2. The molecule has 0 unspecified atom stereocenters. The fourth-order valence-corrected chi connectivity index (χ4v) is 4.76. The number of carbonyl (C=O) groups is 1. The highest BCUT2D eigenvalue weighted by Gasteiger charge is 2.27. The van der Waals surface area contributed by atoms with E-state index in [0.29, 0.717) is 35.6 Å². The number of aromatic carboxylic acids is 1. The topological polar surface area (TPSA) is 118 Å². The highest BCUT2D eigenvalue weighted by Crippen LogP contribution is 2.31. The van der Waals surface area contributed by atoms with E-state index in [1.54, 1.807) is 22.4 Å². The van der Waals surface area contributed by atoms with E-state index in [1.165, 1.54) is 6.07 Å². The molecule has 11 heteroatoms. The van der Waals surface area contributed by atoms with Gasteiger partial charge in [0.15, 0.2) is 5.69 Å². The molecule has 5 rings (SSSR count). The third-order valence-corrected chi connectivity index (χ3v) is 6.42. The Kier molecular flexibility index (Phi) is 5.47. The van der Waals surface area contributed by atoms with Gasteiger partial charge in [0.25, 0.3) is 5.56 Å². The first-order valence-electron chi connectivity index (χ1n) is 11.1. The molecule has 0 fully saturated rings. The Labute approximate surface area is 205 Å². The molecular weight excluding hydrogens is 470 g/mol. The predicted octanol–water partition coefficient (Wildman–Crippen LogP) is 3.42. The molecule has 35 heavy (non-hydrogen) atoms. The lowest BCUT2D eigenvalue weighted by Crippen LogP contribution is -2.29.